The third-order valence-electron chi connectivity index (χ3n) is 3.10. The first-order valence-corrected chi connectivity index (χ1v) is 5.96. The van der Waals surface area contributed by atoms with Crippen LogP contribution in [0.3, 0.4) is 0 Å². The van der Waals surface area contributed by atoms with Gasteiger partial charge in [-0.1, -0.05) is 0 Å². The van der Waals surface area contributed by atoms with Crippen LogP contribution in [0.15, 0.2) is 18.2 Å². The van der Waals surface area contributed by atoms with E-state index in [2.05, 4.69) is 5.32 Å². The summed E-state index contributed by atoms with van der Waals surface area (Å²) >= 11 is 0. The molecule has 1 aromatic rings. The summed E-state index contributed by atoms with van der Waals surface area (Å²) in [5, 5.41) is 22.7. The highest BCUT2D eigenvalue weighted by atomic mass is 16.6. The van der Waals surface area contributed by atoms with Crippen LogP contribution in [-0.4, -0.2) is 40.2 Å². The minimum absolute atomic E-state index is 0.0228. The fourth-order valence-electron chi connectivity index (χ4n) is 2.07. The Morgan fingerprint density at radius 1 is 1.58 bits per heavy atom. The van der Waals surface area contributed by atoms with Crippen molar-refractivity contribution in [1.29, 1.82) is 0 Å². The highest BCUT2D eigenvalue weighted by Crippen LogP contribution is 2.22. The van der Waals surface area contributed by atoms with E-state index in [9.17, 15) is 20.0 Å². The number of nitrogens with one attached hydrogen (secondary N) is 1. The number of β-amino-alcohol motifs (C(OH)–C–C–N with tert-alkyl or cyclic N) is 1. The number of nitro groups is 1. The molecule has 102 valence electrons. The van der Waals surface area contributed by atoms with Crippen LogP contribution in [0.25, 0.3) is 0 Å². The number of aryl methyl sites for hydroxylation is 1. The fraction of sp³-hybridized carbons (Fsp3) is 0.417. The summed E-state index contributed by atoms with van der Waals surface area (Å²) in [5.41, 5.74) is 1.02. The van der Waals surface area contributed by atoms with Crippen LogP contribution >= 0.6 is 0 Å². The van der Waals surface area contributed by atoms with Gasteiger partial charge in [0.05, 0.1) is 11.0 Å². The zero-order valence-electron chi connectivity index (χ0n) is 10.5. The van der Waals surface area contributed by atoms with Crippen molar-refractivity contribution < 1.29 is 14.8 Å². The lowest BCUT2D eigenvalue weighted by molar-refractivity contribution is -0.385. The molecule has 1 unspecified atom stereocenters. The van der Waals surface area contributed by atoms with Gasteiger partial charge in [-0.25, -0.2) is 4.79 Å². The number of benzene rings is 1. The Morgan fingerprint density at radius 2 is 2.32 bits per heavy atom. The minimum Gasteiger partial charge on any atom is -0.391 e. The quantitative estimate of drug-likeness (QED) is 0.625. The second-order valence-electron chi connectivity index (χ2n) is 4.58. The van der Waals surface area contributed by atoms with E-state index < -0.39 is 11.0 Å². The van der Waals surface area contributed by atoms with Crippen LogP contribution in [0.2, 0.25) is 0 Å². The summed E-state index contributed by atoms with van der Waals surface area (Å²) < 4.78 is 0. The molecule has 2 N–H and O–H groups in total. The average Bonchev–Trinajstić information content (AvgIpc) is 2.75. The molecule has 7 heteroatoms. The molecule has 7 nitrogen and oxygen atoms in total. The first kappa shape index (κ1) is 13.3. The largest absolute Gasteiger partial charge is 0.391 e. The number of hydrogen-bond donors (Lipinski definition) is 2. The Morgan fingerprint density at radius 3 is 2.84 bits per heavy atom. The lowest BCUT2D eigenvalue weighted by Gasteiger charge is -2.16. The third-order valence-corrected chi connectivity index (χ3v) is 3.10. The molecule has 1 atom stereocenters. The number of urea groups is 1. The van der Waals surface area contributed by atoms with Crippen LogP contribution in [0.1, 0.15) is 12.0 Å². The molecular weight excluding hydrogens is 250 g/mol. The Balaban J connectivity index is 2.05. The summed E-state index contributed by atoms with van der Waals surface area (Å²) in [6, 6.07) is 4.12. The Hall–Kier alpha value is -2.15. The first-order valence-electron chi connectivity index (χ1n) is 5.96. The average molecular weight is 265 g/mol. The summed E-state index contributed by atoms with van der Waals surface area (Å²) in [5.74, 6) is 0. The zero-order chi connectivity index (χ0) is 14.0. The van der Waals surface area contributed by atoms with Gasteiger partial charge in [-0.2, -0.15) is 0 Å². The van der Waals surface area contributed by atoms with Crippen LogP contribution in [0.4, 0.5) is 16.2 Å². The number of aliphatic hydroxyl groups excluding tert-OH is 1. The van der Waals surface area contributed by atoms with Gasteiger partial charge in [-0.15, -0.1) is 0 Å². The third kappa shape index (κ3) is 3.00. The fourth-order valence-corrected chi connectivity index (χ4v) is 2.07. The molecule has 0 spiro atoms. The van der Waals surface area contributed by atoms with Gasteiger partial charge < -0.3 is 15.3 Å². The topological polar surface area (TPSA) is 95.7 Å². The van der Waals surface area contributed by atoms with E-state index in [0.29, 0.717) is 30.8 Å². The summed E-state index contributed by atoms with van der Waals surface area (Å²) in [6.07, 6.45) is 0.108. The molecule has 0 saturated carbocycles. The SMILES string of the molecule is Cc1cc(NC(=O)N2CCC(O)C2)ccc1[N+](=O)[O-]. The Kier molecular flexibility index (Phi) is 3.66. The first-order chi connectivity index (χ1) is 8.97. The Bertz CT molecular complexity index is 518. The van der Waals surface area contributed by atoms with E-state index in [1.165, 1.54) is 17.0 Å². The number of amides is 2. The number of aliphatic hydroxyl groups is 1. The highest BCUT2D eigenvalue weighted by Gasteiger charge is 2.24. The molecule has 0 aliphatic carbocycles. The summed E-state index contributed by atoms with van der Waals surface area (Å²) in [4.78, 5) is 23.6. The van der Waals surface area contributed by atoms with E-state index >= 15 is 0 Å². The lowest BCUT2D eigenvalue weighted by Crippen LogP contribution is -2.33. The maximum Gasteiger partial charge on any atom is 0.321 e. The standard InChI is InChI=1S/C12H15N3O4/c1-8-6-9(2-3-11(8)15(18)19)13-12(17)14-5-4-10(16)7-14/h2-3,6,10,16H,4-5,7H2,1H3,(H,13,17). The molecule has 1 aliphatic rings. The number of anilines is 1. The highest BCUT2D eigenvalue weighted by molar-refractivity contribution is 5.89. The lowest BCUT2D eigenvalue weighted by atomic mass is 10.2. The molecule has 2 rings (SSSR count). The van der Waals surface area contributed by atoms with Crippen LogP contribution in [0, 0.1) is 17.0 Å². The number of likely N-dealkylation sites (tertiary alicyclic amines) is 1. The van der Waals surface area contributed by atoms with Crippen molar-refractivity contribution >= 4 is 17.4 Å². The number of nitrogens with zero attached hydrogens (tertiary/aromatic N) is 2. The molecule has 0 radical (unpaired) electrons. The van der Waals surface area contributed by atoms with Gasteiger partial charge in [0, 0.05) is 30.4 Å². The second kappa shape index (κ2) is 5.23. The summed E-state index contributed by atoms with van der Waals surface area (Å²) in [7, 11) is 0. The maximum absolute atomic E-state index is 11.9. The smallest absolute Gasteiger partial charge is 0.321 e. The van der Waals surface area contributed by atoms with Gasteiger partial charge in [0.1, 0.15) is 0 Å². The normalized spacial score (nSPS) is 18.4. The van der Waals surface area contributed by atoms with E-state index in [-0.39, 0.29) is 11.7 Å². The number of carbonyl (C=O) groups is 1. The van der Waals surface area contributed by atoms with E-state index in [0.717, 1.165) is 0 Å². The van der Waals surface area contributed by atoms with Crippen LogP contribution in [0.5, 0.6) is 0 Å². The Labute approximate surface area is 110 Å². The molecule has 1 fully saturated rings. The van der Waals surface area contributed by atoms with E-state index in [1.807, 2.05) is 0 Å². The van der Waals surface area contributed by atoms with Crippen molar-refractivity contribution in [2.45, 2.75) is 19.4 Å². The number of nitro benzene ring substituents is 1. The van der Waals surface area contributed by atoms with Gasteiger partial charge in [-0.05, 0) is 25.5 Å². The van der Waals surface area contributed by atoms with Crippen molar-refractivity contribution in [3.05, 3.63) is 33.9 Å². The molecule has 2 amide bonds. The van der Waals surface area contributed by atoms with Gasteiger partial charge >= 0.3 is 6.03 Å². The van der Waals surface area contributed by atoms with Crippen LogP contribution in [-0.2, 0) is 0 Å². The van der Waals surface area contributed by atoms with E-state index in [4.69, 9.17) is 0 Å². The molecule has 1 aromatic carbocycles. The van der Waals surface area contributed by atoms with Gasteiger partial charge in [0.2, 0.25) is 0 Å². The molecule has 0 bridgehead atoms. The molecule has 0 aromatic heterocycles. The van der Waals surface area contributed by atoms with E-state index in [1.54, 1.807) is 13.0 Å². The van der Waals surface area contributed by atoms with Crippen molar-refractivity contribution in [3.63, 3.8) is 0 Å². The van der Waals surface area contributed by atoms with Gasteiger partial charge in [0.15, 0.2) is 0 Å². The monoisotopic (exact) mass is 265 g/mol. The molecule has 1 aliphatic heterocycles. The van der Waals surface area contributed by atoms with Crippen molar-refractivity contribution in [2.75, 3.05) is 18.4 Å². The van der Waals surface area contributed by atoms with Crippen LogP contribution < -0.4 is 5.32 Å². The van der Waals surface area contributed by atoms with Crippen molar-refractivity contribution in [2.24, 2.45) is 0 Å². The number of carbonyl (C=O) groups excluding carboxylic acids is 1. The minimum atomic E-state index is -0.468. The molecule has 19 heavy (non-hydrogen) atoms. The number of rotatable bonds is 2. The second-order valence-corrected chi connectivity index (χ2v) is 4.58. The predicted octanol–water partition coefficient (Wildman–Crippen LogP) is 1.50. The zero-order valence-corrected chi connectivity index (χ0v) is 10.5. The van der Waals surface area contributed by atoms with Crippen molar-refractivity contribution in [1.82, 2.24) is 4.90 Å². The summed E-state index contributed by atoms with van der Waals surface area (Å²) in [6.45, 7) is 2.45. The van der Waals surface area contributed by atoms with Gasteiger partial charge in [-0.3, -0.25) is 10.1 Å². The predicted molar refractivity (Wildman–Crippen MR) is 69.0 cm³/mol. The maximum atomic E-state index is 11.9. The molecule has 1 saturated heterocycles. The number of hydrogen-bond acceptors (Lipinski definition) is 4. The van der Waals surface area contributed by atoms with Crippen molar-refractivity contribution in [3.8, 4) is 0 Å². The molecule has 1 heterocycles. The van der Waals surface area contributed by atoms with Gasteiger partial charge in [0.25, 0.3) is 5.69 Å². The molecular formula is C12H15N3O4.